The first-order valence-corrected chi connectivity index (χ1v) is 5.84. The molecule has 4 nitrogen and oxygen atoms in total. The van der Waals surface area contributed by atoms with Gasteiger partial charge in [0, 0.05) is 19.5 Å². The van der Waals surface area contributed by atoms with Crippen LogP contribution in [0.2, 0.25) is 0 Å². The SMILES string of the molecule is CCCNC(CCC)Cc1ncnn1C. The zero-order chi connectivity index (χ0) is 11.1. The lowest BCUT2D eigenvalue weighted by atomic mass is 10.1. The molecule has 0 spiro atoms. The lowest BCUT2D eigenvalue weighted by molar-refractivity contribution is 0.457. The van der Waals surface area contributed by atoms with Gasteiger partial charge in [-0.3, -0.25) is 4.68 Å². The Hall–Kier alpha value is -0.900. The Labute approximate surface area is 92.1 Å². The number of hydrogen-bond donors (Lipinski definition) is 1. The Kier molecular flexibility index (Phi) is 5.32. The van der Waals surface area contributed by atoms with Gasteiger partial charge < -0.3 is 5.32 Å². The molecule has 0 amide bonds. The third kappa shape index (κ3) is 4.00. The second kappa shape index (κ2) is 6.56. The van der Waals surface area contributed by atoms with E-state index in [2.05, 4.69) is 29.2 Å². The van der Waals surface area contributed by atoms with Crippen LogP contribution in [0.3, 0.4) is 0 Å². The average Bonchev–Trinajstić information content (AvgIpc) is 2.61. The van der Waals surface area contributed by atoms with Gasteiger partial charge in [0.25, 0.3) is 0 Å². The largest absolute Gasteiger partial charge is 0.314 e. The first-order valence-electron chi connectivity index (χ1n) is 5.84. The topological polar surface area (TPSA) is 42.7 Å². The van der Waals surface area contributed by atoms with Crippen LogP contribution in [0.1, 0.15) is 38.9 Å². The van der Waals surface area contributed by atoms with Crippen molar-refractivity contribution in [2.45, 2.75) is 45.6 Å². The molecule has 0 bridgehead atoms. The van der Waals surface area contributed by atoms with Crippen LogP contribution in [0.15, 0.2) is 6.33 Å². The summed E-state index contributed by atoms with van der Waals surface area (Å²) < 4.78 is 1.86. The Balaban J connectivity index is 2.46. The van der Waals surface area contributed by atoms with E-state index in [1.54, 1.807) is 6.33 Å². The monoisotopic (exact) mass is 210 g/mol. The molecule has 86 valence electrons. The summed E-state index contributed by atoms with van der Waals surface area (Å²) in [7, 11) is 1.95. The van der Waals surface area contributed by atoms with E-state index < -0.39 is 0 Å². The zero-order valence-electron chi connectivity index (χ0n) is 10.0. The minimum Gasteiger partial charge on any atom is -0.314 e. The summed E-state index contributed by atoms with van der Waals surface area (Å²) in [6, 6.07) is 0.540. The molecule has 1 unspecified atom stereocenters. The van der Waals surface area contributed by atoms with E-state index in [1.165, 1.54) is 19.3 Å². The summed E-state index contributed by atoms with van der Waals surface area (Å²) >= 11 is 0. The van der Waals surface area contributed by atoms with Crippen LogP contribution in [0, 0.1) is 0 Å². The fraction of sp³-hybridized carbons (Fsp3) is 0.818. The van der Waals surface area contributed by atoms with Crippen molar-refractivity contribution in [2.24, 2.45) is 7.05 Å². The van der Waals surface area contributed by atoms with Crippen molar-refractivity contribution in [3.63, 3.8) is 0 Å². The van der Waals surface area contributed by atoms with Gasteiger partial charge in [-0.15, -0.1) is 0 Å². The summed E-state index contributed by atoms with van der Waals surface area (Å²) in [6.07, 6.45) is 6.19. The molecule has 0 saturated heterocycles. The fourth-order valence-corrected chi connectivity index (χ4v) is 1.70. The maximum Gasteiger partial charge on any atom is 0.138 e. The van der Waals surface area contributed by atoms with Crippen molar-refractivity contribution in [1.29, 1.82) is 0 Å². The van der Waals surface area contributed by atoms with Crippen molar-refractivity contribution in [3.8, 4) is 0 Å². The quantitative estimate of drug-likeness (QED) is 0.742. The molecule has 0 aliphatic rings. The van der Waals surface area contributed by atoms with E-state index in [0.717, 1.165) is 18.8 Å². The van der Waals surface area contributed by atoms with Gasteiger partial charge in [-0.25, -0.2) is 4.98 Å². The second-order valence-electron chi connectivity index (χ2n) is 3.94. The summed E-state index contributed by atoms with van der Waals surface area (Å²) in [5.41, 5.74) is 0. The van der Waals surface area contributed by atoms with Gasteiger partial charge in [0.15, 0.2) is 0 Å². The van der Waals surface area contributed by atoms with Crippen LogP contribution in [0.5, 0.6) is 0 Å². The second-order valence-corrected chi connectivity index (χ2v) is 3.94. The van der Waals surface area contributed by atoms with Crippen LogP contribution in [0.4, 0.5) is 0 Å². The molecule has 1 rings (SSSR count). The fourth-order valence-electron chi connectivity index (χ4n) is 1.70. The Morgan fingerprint density at radius 2 is 2.20 bits per heavy atom. The lowest BCUT2D eigenvalue weighted by Crippen LogP contribution is -2.32. The Morgan fingerprint density at radius 1 is 1.40 bits per heavy atom. The summed E-state index contributed by atoms with van der Waals surface area (Å²) in [5.74, 6) is 1.07. The number of rotatable bonds is 7. The molecule has 0 aliphatic carbocycles. The van der Waals surface area contributed by atoms with Gasteiger partial charge in [0.2, 0.25) is 0 Å². The molecule has 0 aromatic carbocycles. The van der Waals surface area contributed by atoms with E-state index >= 15 is 0 Å². The van der Waals surface area contributed by atoms with E-state index in [1.807, 2.05) is 11.7 Å². The van der Waals surface area contributed by atoms with Crippen molar-refractivity contribution < 1.29 is 0 Å². The van der Waals surface area contributed by atoms with Crippen LogP contribution >= 0.6 is 0 Å². The Bertz CT molecular complexity index is 269. The third-order valence-electron chi connectivity index (χ3n) is 2.55. The van der Waals surface area contributed by atoms with E-state index in [0.29, 0.717) is 6.04 Å². The summed E-state index contributed by atoms with van der Waals surface area (Å²) in [5, 5.41) is 7.64. The molecule has 1 N–H and O–H groups in total. The molecule has 1 atom stereocenters. The van der Waals surface area contributed by atoms with E-state index in [-0.39, 0.29) is 0 Å². The number of aryl methyl sites for hydroxylation is 1. The first kappa shape index (κ1) is 12.2. The minimum atomic E-state index is 0.540. The smallest absolute Gasteiger partial charge is 0.138 e. The predicted molar refractivity (Wildman–Crippen MR) is 61.7 cm³/mol. The molecule has 0 aliphatic heterocycles. The summed E-state index contributed by atoms with van der Waals surface area (Å²) in [4.78, 5) is 4.26. The maximum atomic E-state index is 4.26. The Morgan fingerprint density at radius 3 is 2.73 bits per heavy atom. The highest BCUT2D eigenvalue weighted by Gasteiger charge is 2.10. The number of nitrogens with one attached hydrogen (secondary N) is 1. The van der Waals surface area contributed by atoms with Gasteiger partial charge in [-0.05, 0) is 19.4 Å². The molecule has 4 heteroatoms. The number of aromatic nitrogens is 3. The predicted octanol–water partition coefficient (Wildman–Crippen LogP) is 1.53. The highest BCUT2D eigenvalue weighted by atomic mass is 15.3. The maximum absolute atomic E-state index is 4.26. The third-order valence-corrected chi connectivity index (χ3v) is 2.55. The van der Waals surface area contributed by atoms with Gasteiger partial charge in [-0.1, -0.05) is 20.3 Å². The van der Waals surface area contributed by atoms with Crippen molar-refractivity contribution in [2.75, 3.05) is 6.54 Å². The lowest BCUT2D eigenvalue weighted by Gasteiger charge is -2.16. The number of nitrogens with zero attached hydrogens (tertiary/aromatic N) is 3. The van der Waals surface area contributed by atoms with Crippen LogP contribution in [-0.2, 0) is 13.5 Å². The molecule has 0 fully saturated rings. The van der Waals surface area contributed by atoms with Gasteiger partial charge >= 0.3 is 0 Å². The standard InChI is InChI=1S/C11H22N4/c1-4-6-10(12-7-5-2)8-11-13-9-14-15(11)3/h9-10,12H,4-8H2,1-3H3. The average molecular weight is 210 g/mol. The van der Waals surface area contributed by atoms with Crippen LogP contribution in [-0.4, -0.2) is 27.4 Å². The van der Waals surface area contributed by atoms with Crippen molar-refractivity contribution in [3.05, 3.63) is 12.2 Å². The molecular weight excluding hydrogens is 188 g/mol. The normalized spacial score (nSPS) is 13.0. The minimum absolute atomic E-state index is 0.540. The molecular formula is C11H22N4. The molecule has 1 aromatic rings. The van der Waals surface area contributed by atoms with E-state index in [9.17, 15) is 0 Å². The van der Waals surface area contributed by atoms with Gasteiger partial charge in [0.05, 0.1) is 0 Å². The molecule has 1 heterocycles. The van der Waals surface area contributed by atoms with Crippen molar-refractivity contribution in [1.82, 2.24) is 20.1 Å². The molecule has 1 aromatic heterocycles. The molecule has 15 heavy (non-hydrogen) atoms. The highest BCUT2D eigenvalue weighted by molar-refractivity contribution is 4.88. The van der Waals surface area contributed by atoms with Gasteiger partial charge in [-0.2, -0.15) is 5.10 Å². The van der Waals surface area contributed by atoms with Crippen LogP contribution < -0.4 is 5.32 Å². The van der Waals surface area contributed by atoms with Crippen molar-refractivity contribution >= 4 is 0 Å². The number of hydrogen-bond acceptors (Lipinski definition) is 3. The highest BCUT2D eigenvalue weighted by Crippen LogP contribution is 2.04. The van der Waals surface area contributed by atoms with E-state index in [4.69, 9.17) is 0 Å². The molecule has 0 radical (unpaired) electrons. The first-order chi connectivity index (χ1) is 7.27. The van der Waals surface area contributed by atoms with Gasteiger partial charge in [0.1, 0.15) is 12.2 Å². The summed E-state index contributed by atoms with van der Waals surface area (Å²) in [6.45, 7) is 5.50. The molecule has 0 saturated carbocycles. The van der Waals surface area contributed by atoms with Crippen LogP contribution in [0.25, 0.3) is 0 Å². The zero-order valence-corrected chi connectivity index (χ0v) is 10.0.